The second-order valence-corrected chi connectivity index (χ2v) is 10.2. The summed E-state index contributed by atoms with van der Waals surface area (Å²) in [7, 11) is 0. The number of nitrogens with one attached hydrogen (secondary N) is 1. The highest BCUT2D eigenvalue weighted by atomic mass is 32.2. The Bertz CT molecular complexity index is 1200. The van der Waals surface area contributed by atoms with Gasteiger partial charge in [0.25, 0.3) is 5.56 Å². The van der Waals surface area contributed by atoms with E-state index in [1.54, 1.807) is 10.6 Å². The van der Waals surface area contributed by atoms with Gasteiger partial charge in [-0.15, -0.1) is 0 Å². The smallest absolute Gasteiger partial charge is 0.262 e. The molecular weight excluding hydrogens is 446 g/mol. The number of para-hydroxylation sites is 1. The molecule has 2 aliphatic rings. The molecular formula is C27H31N3O3S. The largest absolute Gasteiger partial charge is 0.376 e. The van der Waals surface area contributed by atoms with Gasteiger partial charge < -0.3 is 10.1 Å². The van der Waals surface area contributed by atoms with Crippen LogP contribution in [0.1, 0.15) is 56.4 Å². The van der Waals surface area contributed by atoms with Crippen LogP contribution in [0.5, 0.6) is 0 Å². The number of carbonyl (C=O) groups is 1. The number of thioether (sulfide) groups is 1. The molecule has 34 heavy (non-hydrogen) atoms. The predicted octanol–water partition coefficient (Wildman–Crippen LogP) is 5.35. The molecule has 7 heteroatoms. The van der Waals surface area contributed by atoms with Crippen molar-refractivity contribution in [3.05, 3.63) is 64.4 Å². The van der Waals surface area contributed by atoms with Gasteiger partial charge in [0.1, 0.15) is 0 Å². The molecule has 3 aromatic rings. The molecule has 1 aliphatic carbocycles. The average molecular weight is 478 g/mol. The fourth-order valence-corrected chi connectivity index (χ4v) is 5.82. The van der Waals surface area contributed by atoms with Crippen molar-refractivity contribution in [3.8, 4) is 0 Å². The molecule has 1 N–H and O–H groups in total. The van der Waals surface area contributed by atoms with Crippen LogP contribution in [0.3, 0.4) is 0 Å². The summed E-state index contributed by atoms with van der Waals surface area (Å²) in [6, 6.07) is 15.6. The second-order valence-electron chi connectivity index (χ2n) is 9.26. The van der Waals surface area contributed by atoms with Crippen molar-refractivity contribution in [1.29, 1.82) is 0 Å². The van der Waals surface area contributed by atoms with E-state index in [1.807, 2.05) is 30.3 Å². The Morgan fingerprint density at radius 3 is 2.59 bits per heavy atom. The summed E-state index contributed by atoms with van der Waals surface area (Å²) in [6.45, 7) is 1.19. The van der Waals surface area contributed by atoms with Crippen molar-refractivity contribution in [3.63, 3.8) is 0 Å². The zero-order chi connectivity index (χ0) is 23.3. The molecule has 178 valence electrons. The van der Waals surface area contributed by atoms with Crippen LogP contribution in [0.2, 0.25) is 0 Å². The summed E-state index contributed by atoms with van der Waals surface area (Å²) in [6.07, 6.45) is 8.42. The maximum Gasteiger partial charge on any atom is 0.262 e. The van der Waals surface area contributed by atoms with Crippen molar-refractivity contribution < 1.29 is 9.53 Å². The Morgan fingerprint density at radius 1 is 1.03 bits per heavy atom. The highest BCUT2D eigenvalue weighted by Gasteiger charge is 2.21. The molecule has 1 saturated carbocycles. The first-order valence-corrected chi connectivity index (χ1v) is 13.3. The molecule has 2 fully saturated rings. The molecule has 0 spiro atoms. The van der Waals surface area contributed by atoms with E-state index in [1.165, 1.54) is 49.4 Å². The molecule has 2 heterocycles. The maximum absolute atomic E-state index is 13.2. The van der Waals surface area contributed by atoms with Gasteiger partial charge in [0.05, 0.1) is 29.3 Å². The van der Waals surface area contributed by atoms with Crippen LogP contribution < -0.4 is 10.9 Å². The zero-order valence-corrected chi connectivity index (χ0v) is 20.2. The number of benzene rings is 2. The van der Waals surface area contributed by atoms with Crippen molar-refractivity contribution in [1.82, 2.24) is 9.55 Å². The fraction of sp³-hybridized carbons (Fsp3) is 0.444. The predicted molar refractivity (Wildman–Crippen MR) is 137 cm³/mol. The molecule has 1 aromatic heterocycles. The molecule has 1 aliphatic heterocycles. The number of aromatic nitrogens is 2. The first-order chi connectivity index (χ1) is 16.7. The Balaban J connectivity index is 1.27. The van der Waals surface area contributed by atoms with Crippen molar-refractivity contribution in [2.75, 3.05) is 17.7 Å². The van der Waals surface area contributed by atoms with Gasteiger partial charge in [-0.3, -0.25) is 14.2 Å². The van der Waals surface area contributed by atoms with Crippen molar-refractivity contribution in [2.24, 2.45) is 0 Å². The average Bonchev–Trinajstić information content (AvgIpc) is 3.39. The highest BCUT2D eigenvalue weighted by Crippen LogP contribution is 2.33. The number of nitrogens with zero attached hydrogens (tertiary/aromatic N) is 2. The number of amides is 1. The molecule has 5 rings (SSSR count). The third kappa shape index (κ3) is 5.36. The molecule has 0 radical (unpaired) electrons. The fourth-order valence-electron chi connectivity index (χ4n) is 5.01. The summed E-state index contributed by atoms with van der Waals surface area (Å²) in [4.78, 5) is 30.6. The third-order valence-corrected chi connectivity index (χ3v) is 7.82. The Morgan fingerprint density at radius 2 is 1.82 bits per heavy atom. The summed E-state index contributed by atoms with van der Waals surface area (Å²) in [5, 5.41) is 4.13. The number of carbonyl (C=O) groups excluding carboxylic acids is 1. The maximum atomic E-state index is 13.2. The van der Waals surface area contributed by atoms with Gasteiger partial charge in [-0.25, -0.2) is 4.98 Å². The Kier molecular flexibility index (Phi) is 7.30. The number of hydrogen-bond acceptors (Lipinski definition) is 5. The van der Waals surface area contributed by atoms with Gasteiger partial charge in [-0.05, 0) is 61.4 Å². The van der Waals surface area contributed by atoms with Crippen molar-refractivity contribution >= 4 is 34.3 Å². The molecule has 2 aromatic carbocycles. The topological polar surface area (TPSA) is 73.2 Å². The number of ether oxygens (including phenoxy) is 1. The standard InChI is InChI=1S/C27H31N3O3S/c31-25(28-21-14-12-20(13-15-21)19-7-2-1-3-8-19)18-34-27-29-24-11-5-4-10-23(24)26(32)30(27)17-22-9-6-16-33-22/h4-5,10-15,19,22H,1-3,6-9,16-18H2,(H,28,31)/t22-/m1/s1. The van der Waals surface area contributed by atoms with Gasteiger partial charge in [0, 0.05) is 12.3 Å². The van der Waals surface area contributed by atoms with E-state index in [0.29, 0.717) is 28.5 Å². The van der Waals surface area contributed by atoms with Gasteiger partial charge in [0.2, 0.25) is 5.91 Å². The molecule has 1 saturated heterocycles. The lowest BCUT2D eigenvalue weighted by Gasteiger charge is -2.22. The highest BCUT2D eigenvalue weighted by molar-refractivity contribution is 7.99. The van der Waals surface area contributed by atoms with E-state index in [9.17, 15) is 9.59 Å². The number of anilines is 1. The van der Waals surface area contributed by atoms with Crippen molar-refractivity contribution in [2.45, 2.75) is 68.7 Å². The minimum absolute atomic E-state index is 0.0107. The normalized spacial score (nSPS) is 18.9. The van der Waals surface area contributed by atoms with Crippen LogP contribution in [0.4, 0.5) is 5.69 Å². The Hall–Kier alpha value is -2.64. The molecule has 0 bridgehead atoms. The number of hydrogen-bond donors (Lipinski definition) is 1. The van der Waals surface area contributed by atoms with Crippen LogP contribution >= 0.6 is 11.8 Å². The number of fused-ring (bicyclic) bond motifs is 1. The minimum Gasteiger partial charge on any atom is -0.376 e. The lowest BCUT2D eigenvalue weighted by atomic mass is 9.84. The SMILES string of the molecule is O=C(CSc1nc2ccccc2c(=O)n1C[C@H]1CCCO1)Nc1ccc(C2CCCCC2)cc1. The van der Waals surface area contributed by atoms with E-state index in [4.69, 9.17) is 9.72 Å². The zero-order valence-electron chi connectivity index (χ0n) is 19.4. The van der Waals surface area contributed by atoms with E-state index in [-0.39, 0.29) is 23.3 Å². The molecule has 6 nitrogen and oxygen atoms in total. The Labute approximate surface area is 204 Å². The summed E-state index contributed by atoms with van der Waals surface area (Å²) >= 11 is 1.30. The van der Waals surface area contributed by atoms with E-state index >= 15 is 0 Å². The monoisotopic (exact) mass is 477 g/mol. The van der Waals surface area contributed by atoms with E-state index in [0.717, 1.165) is 25.1 Å². The van der Waals surface area contributed by atoms with E-state index in [2.05, 4.69) is 17.4 Å². The lowest BCUT2D eigenvalue weighted by Crippen LogP contribution is -2.29. The van der Waals surface area contributed by atoms with Gasteiger partial charge in [0.15, 0.2) is 5.16 Å². The van der Waals surface area contributed by atoms with Crippen LogP contribution in [0.15, 0.2) is 58.5 Å². The van der Waals surface area contributed by atoms with Crippen LogP contribution in [0.25, 0.3) is 10.9 Å². The summed E-state index contributed by atoms with van der Waals surface area (Å²) in [5.41, 5.74) is 2.73. The second kappa shape index (κ2) is 10.7. The third-order valence-electron chi connectivity index (χ3n) is 6.84. The molecule has 1 amide bonds. The number of rotatable bonds is 7. The lowest BCUT2D eigenvalue weighted by molar-refractivity contribution is -0.113. The van der Waals surface area contributed by atoms with Gasteiger partial charge in [-0.2, -0.15) is 0 Å². The first-order valence-electron chi connectivity index (χ1n) is 12.3. The van der Waals surface area contributed by atoms with Gasteiger partial charge >= 0.3 is 0 Å². The van der Waals surface area contributed by atoms with Crippen LogP contribution in [-0.4, -0.2) is 33.9 Å². The van der Waals surface area contributed by atoms with Crippen LogP contribution in [0, 0.1) is 0 Å². The minimum atomic E-state index is -0.110. The van der Waals surface area contributed by atoms with Gasteiger partial charge in [-0.1, -0.05) is 55.3 Å². The molecule has 0 unspecified atom stereocenters. The first kappa shape index (κ1) is 23.1. The quantitative estimate of drug-likeness (QED) is 0.367. The van der Waals surface area contributed by atoms with Crippen LogP contribution in [-0.2, 0) is 16.1 Å². The van der Waals surface area contributed by atoms with E-state index < -0.39 is 0 Å². The summed E-state index contributed by atoms with van der Waals surface area (Å²) in [5.74, 6) is 0.718. The molecule has 1 atom stereocenters. The summed E-state index contributed by atoms with van der Waals surface area (Å²) < 4.78 is 7.44.